The van der Waals surface area contributed by atoms with Crippen LogP contribution in [0.4, 0.5) is 0 Å². The number of carboxylic acid groups (broad SMARTS) is 1. The number of rotatable bonds is 2. The molecule has 0 saturated heterocycles. The van der Waals surface area contributed by atoms with Crippen molar-refractivity contribution in [2.75, 3.05) is 0 Å². The highest BCUT2D eigenvalue weighted by Gasteiger charge is 2.16. The molecule has 2 heterocycles. The lowest BCUT2D eigenvalue weighted by Gasteiger charge is -1.85. The Morgan fingerprint density at radius 2 is 2.43 bits per heavy atom. The van der Waals surface area contributed by atoms with Crippen LogP contribution in [0.2, 0.25) is 0 Å². The molecule has 0 bridgehead atoms. The third-order valence-electron chi connectivity index (χ3n) is 1.62. The molecule has 0 saturated carbocycles. The van der Waals surface area contributed by atoms with Gasteiger partial charge in [-0.3, -0.25) is 5.10 Å². The maximum absolute atomic E-state index is 10.7. The van der Waals surface area contributed by atoms with Crippen LogP contribution in [0.1, 0.15) is 15.4 Å². The van der Waals surface area contributed by atoms with Crippen LogP contribution in [0.15, 0.2) is 6.33 Å². The van der Waals surface area contributed by atoms with Crippen molar-refractivity contribution in [3.05, 3.63) is 16.9 Å². The SMILES string of the molecule is Cc1sc(-c2ncn[nH]2)nc1C(=O)O. The molecule has 14 heavy (non-hydrogen) atoms. The number of aromatic nitrogens is 4. The summed E-state index contributed by atoms with van der Waals surface area (Å²) in [6, 6.07) is 0. The van der Waals surface area contributed by atoms with E-state index in [4.69, 9.17) is 5.11 Å². The van der Waals surface area contributed by atoms with Crippen molar-refractivity contribution >= 4 is 17.3 Å². The molecule has 6 nitrogen and oxygen atoms in total. The predicted octanol–water partition coefficient (Wildman–Crippen LogP) is 0.935. The smallest absolute Gasteiger partial charge is 0.355 e. The van der Waals surface area contributed by atoms with Crippen LogP contribution < -0.4 is 0 Å². The molecule has 0 amide bonds. The fourth-order valence-electron chi connectivity index (χ4n) is 1.00. The van der Waals surface area contributed by atoms with Gasteiger partial charge < -0.3 is 5.11 Å². The molecule has 72 valence electrons. The van der Waals surface area contributed by atoms with E-state index in [1.807, 2.05) is 0 Å². The fourth-order valence-corrected chi connectivity index (χ4v) is 1.86. The Balaban J connectivity index is 2.48. The van der Waals surface area contributed by atoms with Gasteiger partial charge in [0.25, 0.3) is 0 Å². The molecule has 2 aromatic heterocycles. The second-order valence-corrected chi connectivity index (χ2v) is 3.77. The van der Waals surface area contributed by atoms with Crippen molar-refractivity contribution in [2.45, 2.75) is 6.92 Å². The molecule has 0 fully saturated rings. The zero-order valence-corrected chi connectivity index (χ0v) is 8.00. The van der Waals surface area contributed by atoms with E-state index in [1.165, 1.54) is 17.7 Å². The van der Waals surface area contributed by atoms with Gasteiger partial charge in [0.1, 0.15) is 6.33 Å². The van der Waals surface area contributed by atoms with Crippen LogP contribution in [-0.2, 0) is 0 Å². The van der Waals surface area contributed by atoms with Crippen molar-refractivity contribution in [2.24, 2.45) is 0 Å². The van der Waals surface area contributed by atoms with E-state index in [0.29, 0.717) is 15.7 Å². The largest absolute Gasteiger partial charge is 0.476 e. The number of hydrogen-bond acceptors (Lipinski definition) is 5. The van der Waals surface area contributed by atoms with Gasteiger partial charge >= 0.3 is 5.97 Å². The first kappa shape index (κ1) is 8.82. The lowest BCUT2D eigenvalue weighted by Crippen LogP contribution is -1.98. The second kappa shape index (κ2) is 3.18. The Bertz CT molecular complexity index is 462. The molecule has 2 aromatic rings. The molecular weight excluding hydrogens is 204 g/mol. The van der Waals surface area contributed by atoms with Crippen molar-refractivity contribution in [1.29, 1.82) is 0 Å². The Morgan fingerprint density at radius 3 is 2.93 bits per heavy atom. The number of H-pyrrole nitrogens is 1. The predicted molar refractivity (Wildman–Crippen MR) is 49.2 cm³/mol. The summed E-state index contributed by atoms with van der Waals surface area (Å²) >= 11 is 1.27. The first-order valence-electron chi connectivity index (χ1n) is 3.75. The van der Waals surface area contributed by atoms with Gasteiger partial charge in [0.15, 0.2) is 16.5 Å². The molecule has 0 aromatic carbocycles. The number of aryl methyl sites for hydroxylation is 1. The zero-order chi connectivity index (χ0) is 10.1. The Kier molecular flexibility index (Phi) is 2.01. The number of aromatic amines is 1. The summed E-state index contributed by atoms with van der Waals surface area (Å²) in [6.45, 7) is 1.71. The molecule has 7 heteroatoms. The number of nitrogens with zero attached hydrogens (tertiary/aromatic N) is 3. The molecule has 2 N–H and O–H groups in total. The topological polar surface area (TPSA) is 91.8 Å². The molecule has 0 aliphatic heterocycles. The number of aromatic carboxylic acids is 1. The molecule has 2 rings (SSSR count). The summed E-state index contributed by atoms with van der Waals surface area (Å²) in [6.07, 6.45) is 1.35. The average molecular weight is 210 g/mol. The second-order valence-electron chi connectivity index (χ2n) is 2.56. The quantitative estimate of drug-likeness (QED) is 0.769. The molecule has 0 radical (unpaired) electrons. The maximum Gasteiger partial charge on any atom is 0.355 e. The van der Waals surface area contributed by atoms with Crippen molar-refractivity contribution in [1.82, 2.24) is 20.2 Å². The van der Waals surface area contributed by atoms with Gasteiger partial charge in [-0.2, -0.15) is 5.10 Å². The van der Waals surface area contributed by atoms with E-state index in [9.17, 15) is 4.79 Å². The van der Waals surface area contributed by atoms with Crippen molar-refractivity contribution in [3.8, 4) is 10.8 Å². The van der Waals surface area contributed by atoms with Crippen LogP contribution in [0.25, 0.3) is 10.8 Å². The molecule has 0 aliphatic carbocycles. The highest BCUT2D eigenvalue weighted by atomic mass is 32.1. The summed E-state index contributed by atoms with van der Waals surface area (Å²) in [7, 11) is 0. The lowest BCUT2D eigenvalue weighted by atomic mass is 10.4. The van der Waals surface area contributed by atoms with E-state index in [1.54, 1.807) is 6.92 Å². The number of nitrogens with one attached hydrogen (secondary N) is 1. The van der Waals surface area contributed by atoms with Gasteiger partial charge in [0.2, 0.25) is 0 Å². The first-order valence-corrected chi connectivity index (χ1v) is 4.56. The highest BCUT2D eigenvalue weighted by molar-refractivity contribution is 7.15. The summed E-state index contributed by atoms with van der Waals surface area (Å²) in [5, 5.41) is 15.6. The van der Waals surface area contributed by atoms with Gasteiger partial charge in [-0.05, 0) is 6.92 Å². The van der Waals surface area contributed by atoms with Crippen molar-refractivity contribution < 1.29 is 9.90 Å². The molecule has 0 unspecified atom stereocenters. The molecule has 0 aliphatic rings. The lowest BCUT2D eigenvalue weighted by molar-refractivity contribution is 0.0690. The van der Waals surface area contributed by atoms with E-state index in [2.05, 4.69) is 20.2 Å². The average Bonchev–Trinajstić information content (AvgIpc) is 2.70. The standard InChI is InChI=1S/C7H6N4O2S/c1-3-4(7(12)13)10-6(14-3)5-8-2-9-11-5/h2H,1H3,(H,12,13)(H,8,9,11). The Labute approximate surface area is 82.7 Å². The summed E-state index contributed by atoms with van der Waals surface area (Å²) in [4.78, 5) is 19.2. The number of thiazole rings is 1. The zero-order valence-electron chi connectivity index (χ0n) is 7.18. The van der Waals surface area contributed by atoms with Crippen LogP contribution in [-0.4, -0.2) is 31.2 Å². The minimum Gasteiger partial charge on any atom is -0.476 e. The minimum absolute atomic E-state index is 0.0707. The fraction of sp³-hybridized carbons (Fsp3) is 0.143. The highest BCUT2D eigenvalue weighted by Crippen LogP contribution is 2.24. The van der Waals surface area contributed by atoms with Crippen LogP contribution in [0.3, 0.4) is 0 Å². The van der Waals surface area contributed by atoms with Gasteiger partial charge in [-0.1, -0.05) is 0 Å². The third-order valence-corrected chi connectivity index (χ3v) is 2.59. The molecular formula is C7H6N4O2S. The maximum atomic E-state index is 10.7. The van der Waals surface area contributed by atoms with Crippen molar-refractivity contribution in [3.63, 3.8) is 0 Å². The summed E-state index contributed by atoms with van der Waals surface area (Å²) in [5.41, 5.74) is 0.0707. The van der Waals surface area contributed by atoms with E-state index < -0.39 is 5.97 Å². The first-order chi connectivity index (χ1) is 6.68. The van der Waals surface area contributed by atoms with E-state index >= 15 is 0 Å². The third kappa shape index (κ3) is 1.37. The van der Waals surface area contributed by atoms with Gasteiger partial charge in [0.05, 0.1) is 0 Å². The van der Waals surface area contributed by atoms with Crippen LogP contribution in [0.5, 0.6) is 0 Å². The minimum atomic E-state index is -1.02. The Morgan fingerprint density at radius 1 is 1.64 bits per heavy atom. The summed E-state index contributed by atoms with van der Waals surface area (Å²) in [5.74, 6) is -0.532. The van der Waals surface area contributed by atoms with Gasteiger partial charge in [-0.25, -0.2) is 14.8 Å². The van der Waals surface area contributed by atoms with Crippen LogP contribution in [0, 0.1) is 6.92 Å². The number of carboxylic acids is 1. The van der Waals surface area contributed by atoms with Gasteiger partial charge in [-0.15, -0.1) is 11.3 Å². The van der Waals surface area contributed by atoms with Gasteiger partial charge in [0, 0.05) is 4.88 Å². The van der Waals surface area contributed by atoms with Crippen LogP contribution >= 0.6 is 11.3 Å². The van der Waals surface area contributed by atoms with E-state index in [-0.39, 0.29) is 5.69 Å². The monoisotopic (exact) mass is 210 g/mol. The molecule has 0 spiro atoms. The number of hydrogen-bond donors (Lipinski definition) is 2. The molecule has 0 atom stereocenters. The number of carbonyl (C=O) groups is 1. The Hall–Kier alpha value is -1.76. The van der Waals surface area contributed by atoms with E-state index in [0.717, 1.165) is 0 Å². The normalized spacial score (nSPS) is 10.4. The summed E-state index contributed by atoms with van der Waals surface area (Å²) < 4.78 is 0.